The second kappa shape index (κ2) is 8.53. The molecule has 0 aliphatic rings. The van der Waals surface area contributed by atoms with Gasteiger partial charge in [0.05, 0.1) is 5.69 Å². The van der Waals surface area contributed by atoms with Crippen molar-refractivity contribution in [3.05, 3.63) is 70.9 Å². The number of aromatic nitrogens is 2. The Bertz CT molecular complexity index is 1000. The van der Waals surface area contributed by atoms with Gasteiger partial charge < -0.3 is 11.1 Å². The molecule has 0 spiro atoms. The molecule has 0 fully saturated rings. The molecule has 3 rings (SSSR count). The van der Waals surface area contributed by atoms with E-state index in [-0.39, 0.29) is 12.1 Å². The van der Waals surface area contributed by atoms with Crippen LogP contribution in [0, 0.1) is 6.92 Å². The Hall–Kier alpha value is -3.39. The lowest BCUT2D eigenvalue weighted by molar-refractivity contribution is -0.137. The highest BCUT2D eigenvalue weighted by molar-refractivity contribution is 7.06. The summed E-state index contributed by atoms with van der Waals surface area (Å²) in [7, 11) is 0. The maximum Gasteiger partial charge on any atom is 0.287 e. The molecule has 3 N–H and O–H groups in total. The first-order chi connectivity index (χ1) is 13.5. The van der Waals surface area contributed by atoms with Crippen molar-refractivity contribution >= 4 is 29.1 Å². The molecule has 0 aliphatic heterocycles. The number of carbonyl (C=O) groups excluding carboxylic acids is 3. The summed E-state index contributed by atoms with van der Waals surface area (Å²) in [5.41, 5.74) is 7.34. The van der Waals surface area contributed by atoms with Crippen molar-refractivity contribution < 1.29 is 14.4 Å². The zero-order chi connectivity index (χ0) is 20.1. The number of hydrogen-bond donors (Lipinski definition) is 2. The molecule has 0 bridgehead atoms. The summed E-state index contributed by atoms with van der Waals surface area (Å²) in [6.07, 6.45) is 1.78. The minimum Gasteiger partial charge on any atom is -0.363 e. The third-order valence-electron chi connectivity index (χ3n) is 4.15. The Morgan fingerprint density at radius 3 is 2.46 bits per heavy atom. The van der Waals surface area contributed by atoms with Gasteiger partial charge in [0.15, 0.2) is 5.69 Å². The van der Waals surface area contributed by atoms with Crippen molar-refractivity contribution in [2.24, 2.45) is 5.73 Å². The number of carbonyl (C=O) groups is 3. The van der Waals surface area contributed by atoms with E-state index in [1.807, 2.05) is 31.2 Å². The Kier molecular flexibility index (Phi) is 5.90. The van der Waals surface area contributed by atoms with Crippen LogP contribution in [0.2, 0.25) is 0 Å². The lowest BCUT2D eigenvalue weighted by Gasteiger charge is -2.16. The zero-order valence-electron chi connectivity index (χ0n) is 15.1. The van der Waals surface area contributed by atoms with Gasteiger partial charge >= 0.3 is 0 Å². The molecule has 2 aromatic heterocycles. The standard InChI is InChI=1S/C20H18N4O3S/c1-12-16(14-9-5-6-10-22-14)17(24-28-12)20(27)23-15(18(25)19(21)26)11-13-7-3-2-4-8-13/h2-10,15H,11H2,1H3,(H2,21,26)(H,23,27). The molecular weight excluding hydrogens is 376 g/mol. The fourth-order valence-electron chi connectivity index (χ4n) is 2.80. The quantitative estimate of drug-likeness (QED) is 0.594. The van der Waals surface area contributed by atoms with Gasteiger partial charge in [-0.15, -0.1) is 0 Å². The van der Waals surface area contributed by atoms with Crippen LogP contribution in [-0.4, -0.2) is 33.0 Å². The molecule has 1 unspecified atom stereocenters. The Balaban J connectivity index is 1.89. The predicted octanol–water partition coefficient (Wildman–Crippen LogP) is 1.91. The van der Waals surface area contributed by atoms with Crippen LogP contribution in [0.15, 0.2) is 54.7 Å². The summed E-state index contributed by atoms with van der Waals surface area (Å²) >= 11 is 1.17. The van der Waals surface area contributed by atoms with Crippen LogP contribution >= 0.6 is 11.5 Å². The number of hydrogen-bond acceptors (Lipinski definition) is 6. The summed E-state index contributed by atoms with van der Waals surface area (Å²) in [6, 6.07) is 13.4. The highest BCUT2D eigenvalue weighted by Crippen LogP contribution is 2.28. The minimum atomic E-state index is -1.10. The highest BCUT2D eigenvalue weighted by atomic mass is 32.1. The molecule has 142 valence electrons. The van der Waals surface area contributed by atoms with E-state index < -0.39 is 23.6 Å². The van der Waals surface area contributed by atoms with Crippen molar-refractivity contribution in [2.45, 2.75) is 19.4 Å². The molecule has 1 atom stereocenters. The van der Waals surface area contributed by atoms with Gasteiger partial charge in [-0.25, -0.2) is 0 Å². The number of nitrogens with two attached hydrogens (primary N) is 1. The van der Waals surface area contributed by atoms with Crippen LogP contribution < -0.4 is 11.1 Å². The van der Waals surface area contributed by atoms with Crippen LogP contribution in [0.25, 0.3) is 11.3 Å². The zero-order valence-corrected chi connectivity index (χ0v) is 15.9. The van der Waals surface area contributed by atoms with E-state index in [0.29, 0.717) is 11.3 Å². The molecular formula is C20H18N4O3S. The second-order valence-corrected chi connectivity index (χ2v) is 7.10. The first-order valence-electron chi connectivity index (χ1n) is 8.53. The van der Waals surface area contributed by atoms with E-state index in [2.05, 4.69) is 14.7 Å². The van der Waals surface area contributed by atoms with E-state index in [0.717, 1.165) is 10.4 Å². The topological polar surface area (TPSA) is 115 Å². The molecule has 8 heteroatoms. The fraction of sp³-hybridized carbons (Fsp3) is 0.150. The van der Waals surface area contributed by atoms with Gasteiger partial charge in [0.1, 0.15) is 6.04 Å². The third-order valence-corrected chi connectivity index (χ3v) is 4.90. The molecule has 28 heavy (non-hydrogen) atoms. The van der Waals surface area contributed by atoms with Crippen LogP contribution in [0.4, 0.5) is 0 Å². The van der Waals surface area contributed by atoms with E-state index in [1.54, 1.807) is 30.5 Å². The van der Waals surface area contributed by atoms with Gasteiger partial charge in [0, 0.05) is 23.1 Å². The molecule has 2 amide bonds. The number of nitrogens with zero attached hydrogens (tertiary/aromatic N) is 2. The normalized spacial score (nSPS) is 11.6. The van der Waals surface area contributed by atoms with Crippen LogP contribution in [-0.2, 0) is 16.0 Å². The Morgan fingerprint density at radius 2 is 1.82 bits per heavy atom. The van der Waals surface area contributed by atoms with Crippen LogP contribution in [0.5, 0.6) is 0 Å². The average molecular weight is 394 g/mol. The SMILES string of the molecule is Cc1snc(C(=O)NC(Cc2ccccc2)C(=O)C(N)=O)c1-c1ccccn1. The third kappa shape index (κ3) is 4.29. The van der Waals surface area contributed by atoms with Gasteiger partial charge in [0.2, 0.25) is 5.78 Å². The van der Waals surface area contributed by atoms with Crippen LogP contribution in [0.3, 0.4) is 0 Å². The number of aryl methyl sites for hydroxylation is 1. The predicted molar refractivity (Wildman–Crippen MR) is 106 cm³/mol. The molecule has 0 radical (unpaired) electrons. The fourth-order valence-corrected chi connectivity index (χ4v) is 3.49. The number of benzene rings is 1. The number of nitrogens with one attached hydrogen (secondary N) is 1. The minimum absolute atomic E-state index is 0.149. The smallest absolute Gasteiger partial charge is 0.287 e. The van der Waals surface area contributed by atoms with Crippen molar-refractivity contribution in [2.75, 3.05) is 0 Å². The van der Waals surface area contributed by atoms with Crippen LogP contribution in [0.1, 0.15) is 20.9 Å². The summed E-state index contributed by atoms with van der Waals surface area (Å²) in [4.78, 5) is 41.7. The van der Waals surface area contributed by atoms with Crippen molar-refractivity contribution in [3.8, 4) is 11.3 Å². The van der Waals surface area contributed by atoms with Crippen molar-refractivity contribution in [3.63, 3.8) is 0 Å². The molecule has 7 nitrogen and oxygen atoms in total. The molecule has 0 aliphatic carbocycles. The number of Topliss-reactive ketones (excluding diaryl/α,β-unsaturated/α-hetero) is 1. The van der Waals surface area contributed by atoms with Crippen molar-refractivity contribution in [1.82, 2.24) is 14.7 Å². The maximum atomic E-state index is 12.9. The Labute approximate surface area is 165 Å². The van der Waals surface area contributed by atoms with E-state index in [1.165, 1.54) is 11.5 Å². The summed E-state index contributed by atoms with van der Waals surface area (Å²) in [5, 5.41) is 2.61. The Morgan fingerprint density at radius 1 is 1.11 bits per heavy atom. The molecule has 0 saturated carbocycles. The van der Waals surface area contributed by atoms with Crippen molar-refractivity contribution in [1.29, 1.82) is 0 Å². The van der Waals surface area contributed by atoms with Gasteiger partial charge in [-0.3, -0.25) is 19.4 Å². The van der Waals surface area contributed by atoms with E-state index in [9.17, 15) is 14.4 Å². The van der Waals surface area contributed by atoms with E-state index in [4.69, 9.17) is 5.73 Å². The molecule has 0 saturated heterocycles. The first kappa shape index (κ1) is 19.4. The number of pyridine rings is 1. The molecule has 2 heterocycles. The number of primary amides is 1. The first-order valence-corrected chi connectivity index (χ1v) is 9.31. The molecule has 3 aromatic rings. The monoisotopic (exact) mass is 394 g/mol. The summed E-state index contributed by atoms with van der Waals surface area (Å²) in [6.45, 7) is 1.84. The summed E-state index contributed by atoms with van der Waals surface area (Å²) < 4.78 is 4.22. The van der Waals surface area contributed by atoms with Gasteiger partial charge in [-0.2, -0.15) is 4.37 Å². The largest absolute Gasteiger partial charge is 0.363 e. The van der Waals surface area contributed by atoms with E-state index >= 15 is 0 Å². The van der Waals surface area contributed by atoms with Gasteiger partial charge in [-0.05, 0) is 36.2 Å². The van der Waals surface area contributed by atoms with Gasteiger partial charge in [0.25, 0.3) is 11.8 Å². The average Bonchev–Trinajstić information content (AvgIpc) is 3.09. The number of ketones is 1. The maximum absolute atomic E-state index is 12.9. The lowest BCUT2D eigenvalue weighted by atomic mass is 10.0. The molecule has 1 aromatic carbocycles. The highest BCUT2D eigenvalue weighted by Gasteiger charge is 2.28. The summed E-state index contributed by atoms with van der Waals surface area (Å²) in [5.74, 6) is -2.51. The number of rotatable bonds is 7. The lowest BCUT2D eigenvalue weighted by Crippen LogP contribution is -2.47. The second-order valence-electron chi connectivity index (χ2n) is 6.12. The van der Waals surface area contributed by atoms with Gasteiger partial charge in [-0.1, -0.05) is 36.4 Å². The number of amides is 2.